The molecule has 0 saturated carbocycles. The first-order valence-electron chi connectivity index (χ1n) is 3.85. The Morgan fingerprint density at radius 3 is 2.77 bits per heavy atom. The molecule has 0 spiro atoms. The average Bonchev–Trinajstić information content (AvgIpc) is 2.48. The summed E-state index contributed by atoms with van der Waals surface area (Å²) in [4.78, 5) is 0.233. The summed E-state index contributed by atoms with van der Waals surface area (Å²) in [6, 6.07) is 5.15. The first kappa shape index (κ1) is 8.99. The first-order chi connectivity index (χ1) is 6.09. The molecule has 2 rings (SSSR count). The Balaban J connectivity index is 2.67. The molecular weight excluding hydrogens is 210 g/mol. The molecule has 0 unspecified atom stereocenters. The lowest BCUT2D eigenvalue weighted by Crippen LogP contribution is -2.02. The van der Waals surface area contributed by atoms with Crippen molar-refractivity contribution in [1.82, 2.24) is 5.32 Å². The fraction of sp³-hybridized carbons (Fsp3) is 0.250. The molecular formula is C8H8ClNO2S. The van der Waals surface area contributed by atoms with Crippen LogP contribution in [0.3, 0.4) is 0 Å². The minimum Gasteiger partial charge on any atom is -0.309 e. The lowest BCUT2D eigenvalue weighted by Gasteiger charge is -2.02. The van der Waals surface area contributed by atoms with E-state index in [2.05, 4.69) is 5.32 Å². The van der Waals surface area contributed by atoms with Crippen LogP contribution in [0.4, 0.5) is 0 Å². The first-order valence-corrected chi connectivity index (χ1v) is 6.16. The highest BCUT2D eigenvalue weighted by molar-refractivity contribution is 8.13. The third-order valence-corrected chi connectivity index (χ3v) is 3.52. The van der Waals surface area contributed by atoms with Crippen molar-refractivity contribution >= 4 is 19.7 Å². The van der Waals surface area contributed by atoms with Crippen LogP contribution in [-0.4, -0.2) is 8.42 Å². The molecule has 1 aromatic carbocycles. The van der Waals surface area contributed by atoms with Gasteiger partial charge in [-0.25, -0.2) is 8.42 Å². The van der Waals surface area contributed by atoms with E-state index in [4.69, 9.17) is 10.7 Å². The summed E-state index contributed by atoms with van der Waals surface area (Å²) < 4.78 is 22.3. The van der Waals surface area contributed by atoms with Crippen LogP contribution in [0, 0.1) is 0 Å². The van der Waals surface area contributed by atoms with E-state index in [1.807, 2.05) is 6.07 Å². The summed E-state index contributed by atoms with van der Waals surface area (Å²) in [5, 5.41) is 3.08. The SMILES string of the molecule is O=S(=O)(Cl)c1cccc2c1CNC2. The van der Waals surface area contributed by atoms with Crippen molar-refractivity contribution in [3.63, 3.8) is 0 Å². The molecule has 1 aromatic rings. The van der Waals surface area contributed by atoms with Gasteiger partial charge in [-0.2, -0.15) is 0 Å². The van der Waals surface area contributed by atoms with Crippen LogP contribution in [0.15, 0.2) is 23.1 Å². The van der Waals surface area contributed by atoms with Crippen molar-refractivity contribution in [2.75, 3.05) is 0 Å². The van der Waals surface area contributed by atoms with Crippen molar-refractivity contribution in [3.05, 3.63) is 29.3 Å². The molecule has 1 aliphatic heterocycles. The maximum absolute atomic E-state index is 11.1. The largest absolute Gasteiger partial charge is 0.309 e. The van der Waals surface area contributed by atoms with Crippen LogP contribution in [0.5, 0.6) is 0 Å². The molecule has 0 radical (unpaired) electrons. The smallest absolute Gasteiger partial charge is 0.261 e. The van der Waals surface area contributed by atoms with Gasteiger partial charge in [0.25, 0.3) is 9.05 Å². The molecule has 0 bridgehead atoms. The molecule has 0 amide bonds. The van der Waals surface area contributed by atoms with E-state index in [0.717, 1.165) is 17.7 Å². The van der Waals surface area contributed by atoms with E-state index >= 15 is 0 Å². The van der Waals surface area contributed by atoms with E-state index in [0.29, 0.717) is 6.54 Å². The van der Waals surface area contributed by atoms with Gasteiger partial charge in [-0.1, -0.05) is 12.1 Å². The van der Waals surface area contributed by atoms with Crippen LogP contribution in [0.1, 0.15) is 11.1 Å². The minimum atomic E-state index is -3.60. The van der Waals surface area contributed by atoms with Crippen LogP contribution >= 0.6 is 10.7 Å². The van der Waals surface area contributed by atoms with Crippen molar-refractivity contribution in [2.45, 2.75) is 18.0 Å². The molecule has 1 N–H and O–H groups in total. The van der Waals surface area contributed by atoms with Gasteiger partial charge in [0.2, 0.25) is 0 Å². The summed E-state index contributed by atoms with van der Waals surface area (Å²) in [5.41, 5.74) is 1.82. The Labute approximate surface area is 81.1 Å². The zero-order valence-electron chi connectivity index (χ0n) is 6.75. The summed E-state index contributed by atoms with van der Waals surface area (Å²) in [7, 11) is 1.69. The Morgan fingerprint density at radius 2 is 2.08 bits per heavy atom. The summed E-state index contributed by atoms with van der Waals surface area (Å²) >= 11 is 0. The Morgan fingerprint density at radius 1 is 1.31 bits per heavy atom. The van der Waals surface area contributed by atoms with Gasteiger partial charge in [-0.05, 0) is 17.2 Å². The number of hydrogen-bond acceptors (Lipinski definition) is 3. The number of fused-ring (bicyclic) bond motifs is 1. The van der Waals surface area contributed by atoms with Gasteiger partial charge < -0.3 is 5.32 Å². The molecule has 3 nitrogen and oxygen atoms in total. The third-order valence-electron chi connectivity index (χ3n) is 2.11. The molecule has 0 fully saturated rings. The van der Waals surface area contributed by atoms with Gasteiger partial charge in [-0.15, -0.1) is 0 Å². The highest BCUT2D eigenvalue weighted by atomic mass is 35.7. The number of hydrogen-bond donors (Lipinski definition) is 1. The van der Waals surface area contributed by atoms with Crippen LogP contribution in [0.2, 0.25) is 0 Å². The number of halogens is 1. The number of rotatable bonds is 1. The second-order valence-corrected chi connectivity index (χ2v) is 5.47. The van der Waals surface area contributed by atoms with Crippen LogP contribution < -0.4 is 5.32 Å². The van der Waals surface area contributed by atoms with Gasteiger partial charge in [0.05, 0.1) is 4.90 Å². The van der Waals surface area contributed by atoms with Crippen molar-refractivity contribution in [2.24, 2.45) is 0 Å². The quantitative estimate of drug-likeness (QED) is 0.720. The second-order valence-electron chi connectivity index (χ2n) is 2.94. The number of nitrogens with one attached hydrogen (secondary N) is 1. The summed E-state index contributed by atoms with van der Waals surface area (Å²) in [5.74, 6) is 0. The normalized spacial score (nSPS) is 15.8. The van der Waals surface area contributed by atoms with Gasteiger partial charge in [0.1, 0.15) is 0 Å². The lowest BCUT2D eigenvalue weighted by atomic mass is 10.1. The maximum Gasteiger partial charge on any atom is 0.261 e. The van der Waals surface area contributed by atoms with Crippen LogP contribution in [-0.2, 0) is 22.1 Å². The van der Waals surface area contributed by atoms with Gasteiger partial charge in [0, 0.05) is 23.8 Å². The van der Waals surface area contributed by atoms with Gasteiger partial charge in [-0.3, -0.25) is 0 Å². The van der Waals surface area contributed by atoms with E-state index in [1.54, 1.807) is 6.07 Å². The zero-order valence-corrected chi connectivity index (χ0v) is 8.32. The van der Waals surface area contributed by atoms with Gasteiger partial charge >= 0.3 is 0 Å². The predicted molar refractivity (Wildman–Crippen MR) is 50.0 cm³/mol. The van der Waals surface area contributed by atoms with Crippen molar-refractivity contribution in [3.8, 4) is 0 Å². The highest BCUT2D eigenvalue weighted by Gasteiger charge is 2.20. The maximum atomic E-state index is 11.1. The fourth-order valence-corrected chi connectivity index (χ4v) is 2.70. The molecule has 5 heteroatoms. The third kappa shape index (κ3) is 1.57. The fourth-order valence-electron chi connectivity index (χ4n) is 1.53. The minimum absolute atomic E-state index is 0.233. The molecule has 0 aliphatic carbocycles. The molecule has 70 valence electrons. The molecule has 13 heavy (non-hydrogen) atoms. The average molecular weight is 218 g/mol. The van der Waals surface area contributed by atoms with Crippen molar-refractivity contribution in [1.29, 1.82) is 0 Å². The molecule has 0 aromatic heterocycles. The Hall–Kier alpha value is -0.580. The number of benzene rings is 1. The molecule has 0 saturated heterocycles. The second kappa shape index (κ2) is 2.97. The molecule has 1 heterocycles. The standard InChI is InChI=1S/C8H8ClNO2S/c9-13(11,12)8-3-1-2-6-4-10-5-7(6)8/h1-3,10H,4-5H2. The Bertz CT molecular complexity index is 441. The summed E-state index contributed by atoms with van der Waals surface area (Å²) in [6.45, 7) is 1.30. The lowest BCUT2D eigenvalue weighted by molar-refractivity contribution is 0.608. The van der Waals surface area contributed by atoms with E-state index in [-0.39, 0.29) is 4.90 Å². The molecule has 1 aliphatic rings. The van der Waals surface area contributed by atoms with Crippen LogP contribution in [0.25, 0.3) is 0 Å². The van der Waals surface area contributed by atoms with E-state index in [9.17, 15) is 8.42 Å². The monoisotopic (exact) mass is 217 g/mol. The Kier molecular flexibility index (Phi) is 2.06. The molecule has 0 atom stereocenters. The van der Waals surface area contributed by atoms with E-state index in [1.165, 1.54) is 6.07 Å². The van der Waals surface area contributed by atoms with Gasteiger partial charge in [0.15, 0.2) is 0 Å². The zero-order chi connectivity index (χ0) is 9.47. The van der Waals surface area contributed by atoms with Crippen molar-refractivity contribution < 1.29 is 8.42 Å². The van der Waals surface area contributed by atoms with E-state index < -0.39 is 9.05 Å². The predicted octanol–water partition coefficient (Wildman–Crippen LogP) is 1.22. The summed E-state index contributed by atoms with van der Waals surface area (Å²) in [6.07, 6.45) is 0. The topological polar surface area (TPSA) is 46.2 Å². The highest BCUT2D eigenvalue weighted by Crippen LogP contribution is 2.25.